The van der Waals surface area contributed by atoms with Crippen LogP contribution in [-0.2, 0) is 4.79 Å². The van der Waals surface area contributed by atoms with E-state index in [1.54, 1.807) is 6.92 Å². The van der Waals surface area contributed by atoms with Crippen molar-refractivity contribution in [1.82, 2.24) is 15.5 Å². The van der Waals surface area contributed by atoms with Crippen LogP contribution in [0.5, 0.6) is 0 Å². The van der Waals surface area contributed by atoms with Gasteiger partial charge in [0.15, 0.2) is 5.82 Å². The van der Waals surface area contributed by atoms with Gasteiger partial charge in [0, 0.05) is 0 Å². The highest BCUT2D eigenvalue weighted by molar-refractivity contribution is 5.87. The number of aliphatic hydroxyl groups is 1. The largest absolute Gasteiger partial charge is 0.394 e. The Kier molecular flexibility index (Phi) is 3.35. The third-order valence-electron chi connectivity index (χ3n) is 1.53. The van der Waals surface area contributed by atoms with E-state index >= 15 is 0 Å². The summed E-state index contributed by atoms with van der Waals surface area (Å²) in [4.78, 5) is 14.8. The lowest BCUT2D eigenvalue weighted by Crippen LogP contribution is -2.29. The van der Waals surface area contributed by atoms with E-state index in [0.717, 1.165) is 6.08 Å². The zero-order valence-electron chi connectivity index (χ0n) is 7.73. The van der Waals surface area contributed by atoms with Gasteiger partial charge in [-0.2, -0.15) is 4.98 Å². The molecule has 0 spiro atoms. The molecule has 1 amide bonds. The van der Waals surface area contributed by atoms with Crippen molar-refractivity contribution >= 4 is 5.91 Å². The molecule has 0 fully saturated rings. The zero-order chi connectivity index (χ0) is 10.6. The topological polar surface area (TPSA) is 88.2 Å². The van der Waals surface area contributed by atoms with Crippen molar-refractivity contribution in [3.05, 3.63) is 24.4 Å². The van der Waals surface area contributed by atoms with Crippen LogP contribution in [0.2, 0.25) is 0 Å². The van der Waals surface area contributed by atoms with Gasteiger partial charge in [0.05, 0.1) is 6.61 Å². The van der Waals surface area contributed by atoms with Crippen LogP contribution >= 0.6 is 0 Å². The van der Waals surface area contributed by atoms with Crippen LogP contribution in [0.4, 0.5) is 0 Å². The van der Waals surface area contributed by atoms with Gasteiger partial charge < -0.3 is 14.9 Å². The Morgan fingerprint density at radius 3 is 3.00 bits per heavy atom. The number of aromatic nitrogens is 2. The van der Waals surface area contributed by atoms with Gasteiger partial charge >= 0.3 is 0 Å². The maximum absolute atomic E-state index is 10.9. The molecule has 1 atom stereocenters. The summed E-state index contributed by atoms with van der Waals surface area (Å²) >= 11 is 0. The Balaban J connectivity index is 2.71. The molecule has 6 nitrogen and oxygen atoms in total. The van der Waals surface area contributed by atoms with E-state index in [4.69, 9.17) is 9.63 Å². The molecule has 1 heterocycles. The van der Waals surface area contributed by atoms with Crippen LogP contribution in [0.15, 0.2) is 17.2 Å². The summed E-state index contributed by atoms with van der Waals surface area (Å²) in [5.41, 5.74) is 0. The predicted octanol–water partition coefficient (Wildman–Crippen LogP) is -0.286. The maximum atomic E-state index is 10.9. The summed E-state index contributed by atoms with van der Waals surface area (Å²) in [5, 5.41) is 14.9. The second kappa shape index (κ2) is 4.52. The second-order valence-electron chi connectivity index (χ2n) is 2.63. The van der Waals surface area contributed by atoms with Crippen LogP contribution in [0.25, 0.3) is 0 Å². The lowest BCUT2D eigenvalue weighted by atomic mass is 10.3. The summed E-state index contributed by atoms with van der Waals surface area (Å²) in [6.45, 7) is 4.63. The number of nitrogens with one attached hydrogen (secondary N) is 1. The average molecular weight is 197 g/mol. The van der Waals surface area contributed by atoms with Crippen LogP contribution < -0.4 is 5.32 Å². The molecule has 14 heavy (non-hydrogen) atoms. The summed E-state index contributed by atoms with van der Waals surface area (Å²) in [6.07, 6.45) is 1.10. The first-order valence-electron chi connectivity index (χ1n) is 4.01. The average Bonchev–Trinajstić information content (AvgIpc) is 2.60. The second-order valence-corrected chi connectivity index (χ2v) is 2.63. The number of aliphatic hydroxyl groups excluding tert-OH is 1. The number of carbonyl (C=O) groups excluding carboxylic acids is 1. The first-order valence-corrected chi connectivity index (χ1v) is 4.01. The standard InChI is InChI=1S/C8H11N3O3/c1-3-7(13)10-6(4-12)8-9-5(2)11-14-8/h3,6,12H,1,4H2,2H3,(H,10,13). The van der Waals surface area contributed by atoms with Gasteiger partial charge in [0.2, 0.25) is 5.91 Å². The maximum Gasteiger partial charge on any atom is 0.251 e. The van der Waals surface area contributed by atoms with E-state index in [0.29, 0.717) is 5.82 Å². The van der Waals surface area contributed by atoms with Crippen molar-refractivity contribution in [2.45, 2.75) is 13.0 Å². The molecule has 0 saturated carbocycles. The summed E-state index contributed by atoms with van der Waals surface area (Å²) < 4.78 is 4.79. The lowest BCUT2D eigenvalue weighted by Gasteiger charge is -2.09. The number of aryl methyl sites for hydroxylation is 1. The van der Waals surface area contributed by atoms with E-state index in [1.807, 2.05) is 0 Å². The molecule has 1 rings (SSSR count). The van der Waals surface area contributed by atoms with Gasteiger partial charge in [-0.15, -0.1) is 0 Å². The molecule has 1 unspecified atom stereocenters. The fraction of sp³-hybridized carbons (Fsp3) is 0.375. The van der Waals surface area contributed by atoms with Crippen molar-refractivity contribution in [3.8, 4) is 0 Å². The summed E-state index contributed by atoms with van der Waals surface area (Å²) in [5.74, 6) is 0.228. The minimum Gasteiger partial charge on any atom is -0.394 e. The molecule has 0 aliphatic carbocycles. The van der Waals surface area contributed by atoms with E-state index in [1.165, 1.54) is 0 Å². The van der Waals surface area contributed by atoms with Crippen LogP contribution in [0.3, 0.4) is 0 Å². The number of rotatable bonds is 4. The smallest absolute Gasteiger partial charge is 0.251 e. The number of nitrogens with zero attached hydrogens (tertiary/aromatic N) is 2. The minimum absolute atomic E-state index is 0.181. The van der Waals surface area contributed by atoms with E-state index in [2.05, 4.69) is 22.0 Å². The van der Waals surface area contributed by atoms with Gasteiger partial charge in [-0.1, -0.05) is 11.7 Å². The number of hydrogen-bond donors (Lipinski definition) is 2. The van der Waals surface area contributed by atoms with Crippen LogP contribution in [-0.4, -0.2) is 27.8 Å². The van der Waals surface area contributed by atoms with E-state index < -0.39 is 11.9 Å². The van der Waals surface area contributed by atoms with Gasteiger partial charge in [-0.3, -0.25) is 4.79 Å². The van der Waals surface area contributed by atoms with Gasteiger partial charge in [-0.25, -0.2) is 0 Å². The van der Waals surface area contributed by atoms with Gasteiger partial charge in [0.1, 0.15) is 6.04 Å². The van der Waals surface area contributed by atoms with Crippen LogP contribution in [0.1, 0.15) is 17.8 Å². The molecular formula is C8H11N3O3. The highest BCUT2D eigenvalue weighted by atomic mass is 16.5. The van der Waals surface area contributed by atoms with Crippen molar-refractivity contribution in [2.24, 2.45) is 0 Å². The number of hydrogen-bond acceptors (Lipinski definition) is 5. The Labute approximate surface area is 80.6 Å². The lowest BCUT2D eigenvalue weighted by molar-refractivity contribution is -0.117. The molecule has 0 bridgehead atoms. The molecule has 1 aromatic heterocycles. The van der Waals surface area contributed by atoms with E-state index in [-0.39, 0.29) is 12.5 Å². The Hall–Kier alpha value is -1.69. The first kappa shape index (κ1) is 10.4. The third-order valence-corrected chi connectivity index (χ3v) is 1.53. The van der Waals surface area contributed by atoms with Crippen molar-refractivity contribution in [2.75, 3.05) is 6.61 Å². The molecule has 76 valence electrons. The fourth-order valence-electron chi connectivity index (χ4n) is 0.871. The third kappa shape index (κ3) is 2.40. The molecule has 0 aromatic carbocycles. The number of amides is 1. The number of carbonyl (C=O) groups is 1. The quantitative estimate of drug-likeness (QED) is 0.648. The monoisotopic (exact) mass is 197 g/mol. The van der Waals surface area contributed by atoms with Gasteiger partial charge in [-0.05, 0) is 13.0 Å². The Bertz CT molecular complexity index is 334. The Morgan fingerprint density at radius 1 is 1.86 bits per heavy atom. The first-order chi connectivity index (χ1) is 6.67. The molecule has 0 aliphatic heterocycles. The SMILES string of the molecule is C=CC(=O)NC(CO)c1nc(C)no1. The summed E-state index contributed by atoms with van der Waals surface area (Å²) in [6, 6.07) is -0.679. The highest BCUT2D eigenvalue weighted by Crippen LogP contribution is 2.08. The molecule has 0 saturated heterocycles. The highest BCUT2D eigenvalue weighted by Gasteiger charge is 2.18. The molecule has 0 aliphatic rings. The van der Waals surface area contributed by atoms with Crippen molar-refractivity contribution < 1.29 is 14.4 Å². The van der Waals surface area contributed by atoms with E-state index in [9.17, 15) is 4.79 Å². The zero-order valence-corrected chi connectivity index (χ0v) is 7.73. The van der Waals surface area contributed by atoms with Gasteiger partial charge in [0.25, 0.3) is 5.89 Å². The molecular weight excluding hydrogens is 186 g/mol. The van der Waals surface area contributed by atoms with Crippen LogP contribution in [0, 0.1) is 6.92 Å². The molecule has 1 aromatic rings. The molecule has 2 N–H and O–H groups in total. The van der Waals surface area contributed by atoms with Crippen molar-refractivity contribution in [3.63, 3.8) is 0 Å². The fourth-order valence-corrected chi connectivity index (χ4v) is 0.871. The molecule has 0 radical (unpaired) electrons. The Morgan fingerprint density at radius 2 is 2.57 bits per heavy atom. The molecule has 6 heteroatoms. The minimum atomic E-state index is -0.679. The predicted molar refractivity (Wildman–Crippen MR) is 47.2 cm³/mol. The normalized spacial score (nSPS) is 12.1. The van der Waals surface area contributed by atoms with Crippen molar-refractivity contribution in [1.29, 1.82) is 0 Å². The summed E-state index contributed by atoms with van der Waals surface area (Å²) in [7, 11) is 0.